The number of hydrogen-bond donors (Lipinski definition) is 0. The zero-order valence-electron chi connectivity index (χ0n) is 16.1. The van der Waals surface area contributed by atoms with Gasteiger partial charge in [0.05, 0.1) is 12.5 Å². The Kier molecular flexibility index (Phi) is 6.74. The molecule has 0 N–H and O–H groups in total. The van der Waals surface area contributed by atoms with E-state index < -0.39 is 0 Å². The molecule has 3 nitrogen and oxygen atoms in total. The first-order valence-corrected chi connectivity index (χ1v) is 8.88. The SMILES string of the molecule is CN=C(/C=C/c1ccc(N(C)CCC#N)cc1)C(C)(C)c1ccccc1. The molecule has 0 aliphatic carbocycles. The summed E-state index contributed by atoms with van der Waals surface area (Å²) in [7, 11) is 3.85. The van der Waals surface area contributed by atoms with E-state index in [-0.39, 0.29) is 5.41 Å². The van der Waals surface area contributed by atoms with Gasteiger partial charge in [-0.15, -0.1) is 0 Å². The Labute approximate surface area is 157 Å². The third-order valence-electron chi connectivity index (χ3n) is 4.70. The molecule has 0 aromatic heterocycles. The fourth-order valence-corrected chi connectivity index (χ4v) is 2.93. The van der Waals surface area contributed by atoms with Crippen LogP contribution in [-0.2, 0) is 5.41 Å². The summed E-state index contributed by atoms with van der Waals surface area (Å²) in [6, 6.07) is 21.0. The van der Waals surface area contributed by atoms with E-state index in [1.165, 1.54) is 5.56 Å². The van der Waals surface area contributed by atoms with Crippen LogP contribution >= 0.6 is 0 Å². The van der Waals surface area contributed by atoms with Gasteiger partial charge >= 0.3 is 0 Å². The highest BCUT2D eigenvalue weighted by atomic mass is 15.1. The minimum atomic E-state index is -0.149. The Hall–Kier alpha value is -2.86. The summed E-state index contributed by atoms with van der Waals surface area (Å²) in [4.78, 5) is 6.61. The Morgan fingerprint density at radius 1 is 1.12 bits per heavy atom. The maximum absolute atomic E-state index is 8.70. The normalized spacial score (nSPS) is 12.2. The first kappa shape index (κ1) is 19.5. The number of rotatable bonds is 7. The maximum Gasteiger partial charge on any atom is 0.0640 e. The van der Waals surface area contributed by atoms with Crippen LogP contribution in [0.15, 0.2) is 65.7 Å². The molecule has 2 aromatic carbocycles. The molecule has 0 aliphatic heterocycles. The topological polar surface area (TPSA) is 39.4 Å². The van der Waals surface area contributed by atoms with E-state index in [1.807, 2.05) is 20.2 Å². The zero-order valence-corrected chi connectivity index (χ0v) is 16.1. The van der Waals surface area contributed by atoms with Gasteiger partial charge in [0.1, 0.15) is 0 Å². The van der Waals surface area contributed by atoms with Crippen LogP contribution in [-0.4, -0.2) is 26.4 Å². The number of nitriles is 1. The molecule has 0 spiro atoms. The quantitative estimate of drug-likeness (QED) is 0.655. The number of nitrogens with zero attached hydrogens (tertiary/aromatic N) is 3. The minimum absolute atomic E-state index is 0.149. The number of anilines is 1. The molecule has 0 saturated heterocycles. The molecule has 0 bridgehead atoms. The second-order valence-corrected chi connectivity index (χ2v) is 6.85. The first-order chi connectivity index (χ1) is 12.5. The van der Waals surface area contributed by atoms with Gasteiger partial charge in [-0.2, -0.15) is 5.26 Å². The van der Waals surface area contributed by atoms with Crippen molar-refractivity contribution < 1.29 is 0 Å². The monoisotopic (exact) mass is 345 g/mol. The van der Waals surface area contributed by atoms with E-state index in [0.717, 1.165) is 23.5 Å². The second-order valence-electron chi connectivity index (χ2n) is 6.85. The molecule has 0 heterocycles. The lowest BCUT2D eigenvalue weighted by Gasteiger charge is -2.25. The Bertz CT molecular complexity index is 794. The number of benzene rings is 2. The highest BCUT2D eigenvalue weighted by Crippen LogP contribution is 2.26. The third-order valence-corrected chi connectivity index (χ3v) is 4.70. The summed E-state index contributed by atoms with van der Waals surface area (Å²) in [6.07, 6.45) is 4.73. The van der Waals surface area contributed by atoms with Crippen LogP contribution in [0.25, 0.3) is 6.08 Å². The van der Waals surface area contributed by atoms with Crippen LogP contribution in [0.3, 0.4) is 0 Å². The lowest BCUT2D eigenvalue weighted by Crippen LogP contribution is -2.27. The molecule has 0 saturated carbocycles. The van der Waals surface area contributed by atoms with Crippen LogP contribution in [0.5, 0.6) is 0 Å². The maximum atomic E-state index is 8.70. The van der Waals surface area contributed by atoms with Crippen molar-refractivity contribution in [1.29, 1.82) is 5.26 Å². The summed E-state index contributed by atoms with van der Waals surface area (Å²) < 4.78 is 0. The van der Waals surface area contributed by atoms with Gasteiger partial charge in [0.25, 0.3) is 0 Å². The highest BCUT2D eigenvalue weighted by molar-refractivity contribution is 6.05. The minimum Gasteiger partial charge on any atom is -0.374 e. The van der Waals surface area contributed by atoms with Gasteiger partial charge in [-0.3, -0.25) is 4.99 Å². The van der Waals surface area contributed by atoms with Crippen LogP contribution in [0, 0.1) is 11.3 Å². The van der Waals surface area contributed by atoms with Gasteiger partial charge < -0.3 is 4.90 Å². The van der Waals surface area contributed by atoms with Crippen molar-refractivity contribution in [2.45, 2.75) is 25.7 Å². The smallest absolute Gasteiger partial charge is 0.0640 e. The molecular weight excluding hydrogens is 318 g/mol. The summed E-state index contributed by atoms with van der Waals surface area (Å²) in [6.45, 7) is 5.13. The van der Waals surface area contributed by atoms with Crippen molar-refractivity contribution in [3.8, 4) is 6.07 Å². The predicted molar refractivity (Wildman–Crippen MR) is 112 cm³/mol. The highest BCUT2D eigenvalue weighted by Gasteiger charge is 2.24. The van der Waals surface area contributed by atoms with Gasteiger partial charge in [0, 0.05) is 37.5 Å². The van der Waals surface area contributed by atoms with Gasteiger partial charge in [-0.25, -0.2) is 0 Å². The number of aliphatic imine (C=N–C) groups is 1. The average molecular weight is 345 g/mol. The van der Waals surface area contributed by atoms with Gasteiger partial charge in [0.2, 0.25) is 0 Å². The largest absolute Gasteiger partial charge is 0.374 e. The second kappa shape index (κ2) is 9.01. The fourth-order valence-electron chi connectivity index (χ4n) is 2.93. The van der Waals surface area contributed by atoms with Crippen LogP contribution in [0.4, 0.5) is 5.69 Å². The summed E-state index contributed by atoms with van der Waals surface area (Å²) in [5.41, 5.74) is 4.39. The number of hydrogen-bond acceptors (Lipinski definition) is 3. The van der Waals surface area contributed by atoms with E-state index in [2.05, 4.69) is 90.5 Å². The Morgan fingerprint density at radius 3 is 2.35 bits per heavy atom. The van der Waals surface area contributed by atoms with Gasteiger partial charge in [-0.1, -0.05) is 62.4 Å². The zero-order chi connectivity index (χ0) is 19.0. The third kappa shape index (κ3) is 4.83. The molecule has 134 valence electrons. The van der Waals surface area contributed by atoms with Crippen LogP contribution in [0.1, 0.15) is 31.4 Å². The van der Waals surface area contributed by atoms with Crippen molar-refractivity contribution in [3.05, 3.63) is 71.8 Å². The average Bonchev–Trinajstić information content (AvgIpc) is 2.67. The Morgan fingerprint density at radius 2 is 1.77 bits per heavy atom. The van der Waals surface area contributed by atoms with E-state index in [4.69, 9.17) is 5.26 Å². The molecule has 0 radical (unpaired) electrons. The van der Waals surface area contributed by atoms with Crippen molar-refractivity contribution in [1.82, 2.24) is 0 Å². The van der Waals surface area contributed by atoms with Gasteiger partial charge in [-0.05, 0) is 29.3 Å². The molecule has 2 rings (SSSR count). The summed E-state index contributed by atoms with van der Waals surface area (Å²) in [5, 5.41) is 8.70. The molecule has 0 amide bonds. The van der Waals surface area contributed by atoms with E-state index in [9.17, 15) is 0 Å². The fraction of sp³-hybridized carbons (Fsp3) is 0.304. The van der Waals surface area contributed by atoms with E-state index >= 15 is 0 Å². The molecule has 0 aliphatic rings. The predicted octanol–water partition coefficient (Wildman–Crippen LogP) is 5.10. The molecule has 26 heavy (non-hydrogen) atoms. The lowest BCUT2D eigenvalue weighted by atomic mass is 9.79. The molecular formula is C23H27N3. The summed E-state index contributed by atoms with van der Waals surface area (Å²) >= 11 is 0. The van der Waals surface area contributed by atoms with E-state index in [0.29, 0.717) is 6.42 Å². The molecule has 0 atom stereocenters. The molecule has 2 aromatic rings. The van der Waals surface area contributed by atoms with Crippen LogP contribution < -0.4 is 4.90 Å². The standard InChI is InChI=1S/C23H27N3/c1-23(2,20-9-6-5-7-10-20)22(25-3)16-13-19-11-14-21(15-12-19)26(4)18-8-17-24/h5-7,9-16H,8,18H2,1-4H3/b16-13+,25-22?. The lowest BCUT2D eigenvalue weighted by molar-refractivity contribution is 0.719. The van der Waals surface area contributed by atoms with Crippen molar-refractivity contribution in [3.63, 3.8) is 0 Å². The van der Waals surface area contributed by atoms with Crippen molar-refractivity contribution in [2.24, 2.45) is 4.99 Å². The summed E-state index contributed by atoms with van der Waals surface area (Å²) in [5.74, 6) is 0. The van der Waals surface area contributed by atoms with Crippen LogP contribution in [0.2, 0.25) is 0 Å². The Balaban J connectivity index is 2.14. The molecule has 0 unspecified atom stereocenters. The molecule has 0 fully saturated rings. The van der Waals surface area contributed by atoms with Crippen molar-refractivity contribution in [2.75, 3.05) is 25.5 Å². The van der Waals surface area contributed by atoms with E-state index in [1.54, 1.807) is 0 Å². The van der Waals surface area contributed by atoms with Crippen molar-refractivity contribution >= 4 is 17.5 Å². The number of allylic oxidation sites excluding steroid dienone is 1. The first-order valence-electron chi connectivity index (χ1n) is 8.88. The molecule has 3 heteroatoms. The van der Waals surface area contributed by atoms with Gasteiger partial charge in [0.15, 0.2) is 0 Å².